The van der Waals surface area contributed by atoms with Crippen molar-refractivity contribution in [1.29, 1.82) is 0 Å². The molecule has 1 aliphatic rings. The summed E-state index contributed by atoms with van der Waals surface area (Å²) in [4.78, 5) is 15.7. The molecule has 0 aliphatic carbocycles. The van der Waals surface area contributed by atoms with Crippen LogP contribution in [0.5, 0.6) is 0 Å². The molecule has 3 nitrogen and oxygen atoms in total. The van der Waals surface area contributed by atoms with Crippen LogP contribution in [0.1, 0.15) is 31.0 Å². The maximum absolute atomic E-state index is 14.1. The number of halogens is 1. The van der Waals surface area contributed by atoms with E-state index < -0.39 is 0 Å². The Morgan fingerprint density at radius 1 is 1.35 bits per heavy atom. The molecular formula is C16H15FN2O. The van der Waals surface area contributed by atoms with Gasteiger partial charge in [-0.1, -0.05) is 26.0 Å². The minimum atomic E-state index is -0.299. The average Bonchev–Trinajstić information content (AvgIpc) is 2.77. The van der Waals surface area contributed by atoms with E-state index >= 15 is 0 Å². The summed E-state index contributed by atoms with van der Waals surface area (Å²) < 4.78 is 14.1. The van der Waals surface area contributed by atoms with Gasteiger partial charge in [0.25, 0.3) is 0 Å². The molecule has 1 aromatic carbocycles. The second-order valence-electron chi connectivity index (χ2n) is 5.30. The first kappa shape index (κ1) is 12.8. The van der Waals surface area contributed by atoms with E-state index in [2.05, 4.69) is 10.3 Å². The van der Waals surface area contributed by atoms with Crippen LogP contribution in [0.15, 0.2) is 30.5 Å². The number of benzene rings is 1. The third-order valence-electron chi connectivity index (χ3n) is 3.51. The lowest BCUT2D eigenvalue weighted by molar-refractivity contribution is -0.115. The van der Waals surface area contributed by atoms with Gasteiger partial charge in [0.2, 0.25) is 5.91 Å². The Morgan fingerprint density at radius 3 is 2.85 bits per heavy atom. The number of rotatable bonds is 2. The van der Waals surface area contributed by atoms with Crippen LogP contribution < -0.4 is 5.32 Å². The summed E-state index contributed by atoms with van der Waals surface area (Å²) in [5, 5.41) is 2.80. The van der Waals surface area contributed by atoms with E-state index in [1.54, 1.807) is 6.20 Å². The average molecular weight is 270 g/mol. The quantitative estimate of drug-likeness (QED) is 0.907. The topological polar surface area (TPSA) is 42.0 Å². The van der Waals surface area contributed by atoms with Gasteiger partial charge in [-0.3, -0.25) is 9.78 Å². The van der Waals surface area contributed by atoms with Gasteiger partial charge in [0, 0.05) is 17.4 Å². The summed E-state index contributed by atoms with van der Waals surface area (Å²) in [6, 6.07) is 7.11. The molecule has 0 saturated carbocycles. The van der Waals surface area contributed by atoms with E-state index in [-0.39, 0.29) is 17.6 Å². The summed E-state index contributed by atoms with van der Waals surface area (Å²) >= 11 is 0. The molecule has 0 saturated heterocycles. The molecule has 3 rings (SSSR count). The van der Waals surface area contributed by atoms with Crippen LogP contribution in [-0.2, 0) is 11.2 Å². The lowest BCUT2D eigenvalue weighted by Crippen LogP contribution is -2.03. The SMILES string of the molecule is CC(C)c1ncc(-c2cccc3c2CC(=O)N3)cc1F. The smallest absolute Gasteiger partial charge is 0.228 e. The van der Waals surface area contributed by atoms with Crippen molar-refractivity contribution in [2.75, 3.05) is 5.32 Å². The monoisotopic (exact) mass is 270 g/mol. The van der Waals surface area contributed by atoms with Crippen molar-refractivity contribution in [1.82, 2.24) is 4.98 Å². The summed E-state index contributed by atoms with van der Waals surface area (Å²) in [7, 11) is 0. The van der Waals surface area contributed by atoms with Crippen LogP contribution in [0.3, 0.4) is 0 Å². The third-order valence-corrected chi connectivity index (χ3v) is 3.51. The zero-order chi connectivity index (χ0) is 14.3. The number of amides is 1. The van der Waals surface area contributed by atoms with Crippen molar-refractivity contribution in [2.24, 2.45) is 0 Å². The van der Waals surface area contributed by atoms with Crippen LogP contribution in [-0.4, -0.2) is 10.9 Å². The van der Waals surface area contributed by atoms with E-state index in [4.69, 9.17) is 0 Å². The maximum Gasteiger partial charge on any atom is 0.228 e. The Kier molecular flexibility index (Phi) is 3.01. The Balaban J connectivity index is 2.09. The van der Waals surface area contributed by atoms with Crippen LogP contribution in [0.4, 0.5) is 10.1 Å². The van der Waals surface area contributed by atoms with Gasteiger partial charge < -0.3 is 5.32 Å². The second-order valence-corrected chi connectivity index (χ2v) is 5.30. The number of nitrogens with zero attached hydrogens (tertiary/aromatic N) is 1. The van der Waals surface area contributed by atoms with Crippen molar-refractivity contribution in [2.45, 2.75) is 26.2 Å². The van der Waals surface area contributed by atoms with Crippen molar-refractivity contribution < 1.29 is 9.18 Å². The first-order valence-electron chi connectivity index (χ1n) is 6.64. The highest BCUT2D eigenvalue weighted by Crippen LogP contribution is 2.33. The van der Waals surface area contributed by atoms with Gasteiger partial charge in [0.1, 0.15) is 5.82 Å². The van der Waals surface area contributed by atoms with Crippen LogP contribution in [0.2, 0.25) is 0 Å². The van der Waals surface area contributed by atoms with Gasteiger partial charge in [-0.25, -0.2) is 4.39 Å². The van der Waals surface area contributed by atoms with Gasteiger partial charge in [0.15, 0.2) is 0 Å². The number of carbonyl (C=O) groups is 1. The number of hydrogen-bond acceptors (Lipinski definition) is 2. The predicted molar refractivity (Wildman–Crippen MR) is 76.1 cm³/mol. The van der Waals surface area contributed by atoms with Crippen molar-refractivity contribution in [3.05, 3.63) is 47.5 Å². The third kappa shape index (κ3) is 2.07. The lowest BCUT2D eigenvalue weighted by Gasteiger charge is -2.10. The lowest BCUT2D eigenvalue weighted by atomic mass is 9.98. The second kappa shape index (κ2) is 4.71. The molecular weight excluding hydrogens is 255 g/mol. The first-order valence-corrected chi connectivity index (χ1v) is 6.64. The molecule has 0 bridgehead atoms. The number of pyridine rings is 1. The number of aromatic nitrogens is 1. The highest BCUT2D eigenvalue weighted by atomic mass is 19.1. The van der Waals surface area contributed by atoms with E-state index in [0.29, 0.717) is 17.7 Å². The predicted octanol–water partition coefficient (Wildman–Crippen LogP) is 3.51. The van der Waals surface area contributed by atoms with Crippen molar-refractivity contribution in [3.63, 3.8) is 0 Å². The van der Waals surface area contributed by atoms with Gasteiger partial charge in [-0.05, 0) is 29.2 Å². The fraction of sp³-hybridized carbons (Fsp3) is 0.250. The zero-order valence-corrected chi connectivity index (χ0v) is 11.4. The van der Waals surface area contributed by atoms with Gasteiger partial charge in [0.05, 0.1) is 12.1 Å². The molecule has 20 heavy (non-hydrogen) atoms. The number of anilines is 1. The summed E-state index contributed by atoms with van der Waals surface area (Å²) in [6.45, 7) is 3.82. The Morgan fingerprint density at radius 2 is 2.15 bits per heavy atom. The molecule has 1 N–H and O–H groups in total. The highest BCUT2D eigenvalue weighted by molar-refractivity contribution is 6.01. The molecule has 1 aliphatic heterocycles. The molecule has 0 unspecified atom stereocenters. The molecule has 0 fully saturated rings. The van der Waals surface area contributed by atoms with E-state index in [0.717, 1.165) is 16.8 Å². The standard InChI is InChI=1S/C16H15FN2O/c1-9(2)16-13(17)6-10(8-18-16)11-4-3-5-14-12(11)7-15(20)19-14/h3-6,8-9H,7H2,1-2H3,(H,19,20). The Bertz CT molecular complexity index is 695. The van der Waals surface area contributed by atoms with Gasteiger partial charge in [-0.15, -0.1) is 0 Å². The Hall–Kier alpha value is -2.23. The van der Waals surface area contributed by atoms with Gasteiger partial charge >= 0.3 is 0 Å². The molecule has 102 valence electrons. The van der Waals surface area contributed by atoms with Crippen LogP contribution >= 0.6 is 0 Å². The van der Waals surface area contributed by atoms with Crippen LogP contribution in [0, 0.1) is 5.82 Å². The molecule has 4 heteroatoms. The Labute approximate surface area is 116 Å². The first-order chi connectivity index (χ1) is 9.56. The van der Waals surface area contributed by atoms with Crippen molar-refractivity contribution in [3.8, 4) is 11.1 Å². The highest BCUT2D eigenvalue weighted by Gasteiger charge is 2.21. The minimum absolute atomic E-state index is 0.0281. The molecule has 0 radical (unpaired) electrons. The zero-order valence-electron chi connectivity index (χ0n) is 11.4. The fourth-order valence-electron chi connectivity index (χ4n) is 2.54. The number of fused-ring (bicyclic) bond motifs is 1. The molecule has 1 amide bonds. The van der Waals surface area contributed by atoms with E-state index in [9.17, 15) is 9.18 Å². The maximum atomic E-state index is 14.1. The van der Waals surface area contributed by atoms with E-state index in [1.165, 1.54) is 6.07 Å². The molecule has 1 aromatic heterocycles. The number of hydrogen-bond donors (Lipinski definition) is 1. The minimum Gasteiger partial charge on any atom is -0.326 e. The largest absolute Gasteiger partial charge is 0.326 e. The molecule has 0 spiro atoms. The van der Waals surface area contributed by atoms with Crippen LogP contribution in [0.25, 0.3) is 11.1 Å². The molecule has 0 atom stereocenters. The number of nitrogens with one attached hydrogen (secondary N) is 1. The van der Waals surface area contributed by atoms with E-state index in [1.807, 2.05) is 32.0 Å². The summed E-state index contributed by atoms with van der Waals surface area (Å²) in [5.74, 6) is -0.277. The molecule has 2 heterocycles. The van der Waals surface area contributed by atoms with Gasteiger partial charge in [-0.2, -0.15) is 0 Å². The summed E-state index contributed by atoms with van der Waals surface area (Å²) in [6.07, 6.45) is 2.01. The number of carbonyl (C=O) groups excluding carboxylic acids is 1. The summed E-state index contributed by atoms with van der Waals surface area (Å²) in [5.41, 5.74) is 3.76. The molecule has 2 aromatic rings. The normalized spacial score (nSPS) is 13.5. The fourth-order valence-corrected chi connectivity index (χ4v) is 2.54. The van der Waals surface area contributed by atoms with Crippen molar-refractivity contribution >= 4 is 11.6 Å².